The van der Waals surface area contributed by atoms with Crippen molar-refractivity contribution in [2.45, 2.75) is 19.5 Å². The standard InChI is InChI=1S/C13H17N5O4S/c1-9-5-12(16-22-9)13(19)17-7-10-3-4-14-18(10)11(8-17)6-15-23(2,20)21/h3-5,11,15H,6-8H2,1-2H3/t11-/m0/s1. The first kappa shape index (κ1) is 15.7. The van der Waals surface area contributed by atoms with Crippen molar-refractivity contribution in [3.8, 4) is 0 Å². The molecule has 9 nitrogen and oxygen atoms in total. The summed E-state index contributed by atoms with van der Waals surface area (Å²) in [5, 5.41) is 7.96. The van der Waals surface area contributed by atoms with Crippen molar-refractivity contribution in [2.75, 3.05) is 19.3 Å². The summed E-state index contributed by atoms with van der Waals surface area (Å²) in [6, 6.07) is 3.11. The number of hydrogen-bond donors (Lipinski definition) is 1. The zero-order chi connectivity index (χ0) is 16.6. The van der Waals surface area contributed by atoms with Crippen LogP contribution in [0.25, 0.3) is 0 Å². The fourth-order valence-corrected chi connectivity index (χ4v) is 3.07. The molecular weight excluding hydrogens is 322 g/mol. The van der Waals surface area contributed by atoms with Crippen LogP contribution in [0.2, 0.25) is 0 Å². The molecule has 1 aliphatic heterocycles. The molecule has 1 amide bonds. The molecule has 0 aromatic carbocycles. The summed E-state index contributed by atoms with van der Waals surface area (Å²) in [6.07, 6.45) is 2.73. The maximum absolute atomic E-state index is 12.5. The lowest BCUT2D eigenvalue weighted by atomic mass is 10.1. The molecule has 0 spiro atoms. The SMILES string of the molecule is Cc1cc(C(=O)N2Cc3ccnn3[C@@H](CNS(C)(=O)=O)C2)no1. The summed E-state index contributed by atoms with van der Waals surface area (Å²) in [5.74, 6) is 0.310. The average Bonchev–Trinajstić information content (AvgIpc) is 3.11. The van der Waals surface area contributed by atoms with Gasteiger partial charge in [-0.25, -0.2) is 13.1 Å². The number of aromatic nitrogens is 3. The van der Waals surface area contributed by atoms with Crippen molar-refractivity contribution in [3.05, 3.63) is 35.5 Å². The van der Waals surface area contributed by atoms with Crippen LogP contribution in [0.4, 0.5) is 0 Å². The molecule has 23 heavy (non-hydrogen) atoms. The van der Waals surface area contributed by atoms with Crippen molar-refractivity contribution in [2.24, 2.45) is 0 Å². The van der Waals surface area contributed by atoms with Crippen molar-refractivity contribution < 1.29 is 17.7 Å². The molecule has 10 heteroatoms. The van der Waals surface area contributed by atoms with E-state index < -0.39 is 10.0 Å². The maximum Gasteiger partial charge on any atom is 0.276 e. The predicted octanol–water partition coefficient (Wildman–Crippen LogP) is -0.0742. The van der Waals surface area contributed by atoms with E-state index in [2.05, 4.69) is 15.0 Å². The second-order valence-corrected chi connectivity index (χ2v) is 7.38. The van der Waals surface area contributed by atoms with Crippen LogP contribution in [0.1, 0.15) is 28.0 Å². The molecule has 1 aliphatic rings. The zero-order valence-corrected chi connectivity index (χ0v) is 13.6. The molecular formula is C13H17N5O4S. The molecule has 0 saturated carbocycles. The molecule has 124 valence electrons. The van der Waals surface area contributed by atoms with Crippen LogP contribution in [0, 0.1) is 6.92 Å². The second-order valence-electron chi connectivity index (χ2n) is 5.55. The number of carbonyl (C=O) groups excluding carboxylic acids is 1. The van der Waals surface area contributed by atoms with Gasteiger partial charge in [0.2, 0.25) is 10.0 Å². The van der Waals surface area contributed by atoms with Gasteiger partial charge >= 0.3 is 0 Å². The summed E-state index contributed by atoms with van der Waals surface area (Å²) in [6.45, 7) is 2.60. The van der Waals surface area contributed by atoms with Gasteiger partial charge in [-0.2, -0.15) is 5.10 Å². The lowest BCUT2D eigenvalue weighted by Crippen LogP contribution is -2.45. The number of hydrogen-bond acceptors (Lipinski definition) is 6. The third-order valence-corrected chi connectivity index (χ3v) is 4.29. The van der Waals surface area contributed by atoms with E-state index in [-0.39, 0.29) is 24.2 Å². The van der Waals surface area contributed by atoms with Crippen LogP contribution in [0.15, 0.2) is 22.9 Å². The van der Waals surface area contributed by atoms with Gasteiger partial charge in [0.15, 0.2) is 5.69 Å². The van der Waals surface area contributed by atoms with Gasteiger partial charge in [-0.15, -0.1) is 0 Å². The van der Waals surface area contributed by atoms with Crippen molar-refractivity contribution in [1.82, 2.24) is 24.6 Å². The lowest BCUT2D eigenvalue weighted by molar-refractivity contribution is 0.0661. The lowest BCUT2D eigenvalue weighted by Gasteiger charge is -2.33. The summed E-state index contributed by atoms with van der Waals surface area (Å²) in [5.41, 5.74) is 1.08. The van der Waals surface area contributed by atoms with Gasteiger partial charge in [0, 0.05) is 25.4 Å². The molecule has 0 saturated heterocycles. The summed E-state index contributed by atoms with van der Waals surface area (Å²) >= 11 is 0. The van der Waals surface area contributed by atoms with E-state index >= 15 is 0 Å². The van der Waals surface area contributed by atoms with Gasteiger partial charge in [0.05, 0.1) is 24.5 Å². The first-order chi connectivity index (χ1) is 10.8. The Morgan fingerprint density at radius 3 is 2.96 bits per heavy atom. The molecule has 0 aliphatic carbocycles. The molecule has 2 aromatic heterocycles. The smallest absolute Gasteiger partial charge is 0.276 e. The number of carbonyl (C=O) groups is 1. The number of fused-ring (bicyclic) bond motifs is 1. The molecule has 2 aromatic rings. The molecule has 0 bridgehead atoms. The molecule has 3 heterocycles. The first-order valence-corrected chi connectivity index (χ1v) is 8.92. The van der Waals surface area contributed by atoms with E-state index in [9.17, 15) is 13.2 Å². The molecule has 3 rings (SSSR count). The summed E-state index contributed by atoms with van der Waals surface area (Å²) in [7, 11) is -3.32. The van der Waals surface area contributed by atoms with Gasteiger partial charge < -0.3 is 9.42 Å². The van der Waals surface area contributed by atoms with Crippen LogP contribution < -0.4 is 4.72 Å². The highest BCUT2D eigenvalue weighted by molar-refractivity contribution is 7.88. The van der Waals surface area contributed by atoms with Gasteiger partial charge in [-0.05, 0) is 13.0 Å². The molecule has 1 N–H and O–H groups in total. The Morgan fingerprint density at radius 2 is 2.30 bits per heavy atom. The average molecular weight is 339 g/mol. The number of nitrogens with one attached hydrogen (secondary N) is 1. The highest BCUT2D eigenvalue weighted by Crippen LogP contribution is 2.21. The number of aryl methyl sites for hydroxylation is 1. The topological polar surface area (TPSA) is 110 Å². The third kappa shape index (κ3) is 3.42. The zero-order valence-electron chi connectivity index (χ0n) is 12.8. The molecule has 0 radical (unpaired) electrons. The monoisotopic (exact) mass is 339 g/mol. The van der Waals surface area contributed by atoms with Crippen LogP contribution >= 0.6 is 0 Å². The van der Waals surface area contributed by atoms with Gasteiger partial charge in [0.25, 0.3) is 5.91 Å². The Bertz CT molecular complexity index is 825. The van der Waals surface area contributed by atoms with E-state index in [0.717, 1.165) is 11.9 Å². The Hall–Kier alpha value is -2.20. The van der Waals surface area contributed by atoms with Crippen molar-refractivity contribution >= 4 is 15.9 Å². The molecule has 0 fully saturated rings. The Balaban J connectivity index is 1.81. The van der Waals surface area contributed by atoms with Crippen LogP contribution in [-0.4, -0.2) is 53.5 Å². The van der Waals surface area contributed by atoms with E-state index in [1.54, 1.807) is 34.8 Å². The van der Waals surface area contributed by atoms with Gasteiger partial charge in [-0.3, -0.25) is 9.48 Å². The quantitative estimate of drug-likeness (QED) is 0.834. The van der Waals surface area contributed by atoms with Gasteiger partial charge in [-0.1, -0.05) is 5.16 Å². The van der Waals surface area contributed by atoms with E-state index in [1.165, 1.54) is 0 Å². The largest absolute Gasteiger partial charge is 0.361 e. The van der Waals surface area contributed by atoms with Gasteiger partial charge in [0.1, 0.15) is 5.76 Å². The third-order valence-electron chi connectivity index (χ3n) is 3.60. The van der Waals surface area contributed by atoms with E-state index in [4.69, 9.17) is 4.52 Å². The molecule has 0 unspecified atom stereocenters. The summed E-state index contributed by atoms with van der Waals surface area (Å²) < 4.78 is 31.8. The first-order valence-electron chi connectivity index (χ1n) is 7.03. The van der Waals surface area contributed by atoms with Crippen LogP contribution in [-0.2, 0) is 16.6 Å². The highest BCUT2D eigenvalue weighted by Gasteiger charge is 2.30. The second kappa shape index (κ2) is 5.78. The van der Waals surface area contributed by atoms with Crippen LogP contribution in [0.3, 0.4) is 0 Å². The summed E-state index contributed by atoms with van der Waals surface area (Å²) in [4.78, 5) is 14.1. The maximum atomic E-state index is 12.5. The number of sulfonamides is 1. The molecule has 1 atom stereocenters. The normalized spacial score (nSPS) is 18.0. The predicted molar refractivity (Wildman–Crippen MR) is 80.1 cm³/mol. The van der Waals surface area contributed by atoms with Crippen LogP contribution in [0.5, 0.6) is 0 Å². The Kier molecular flexibility index (Phi) is 3.94. The number of nitrogens with zero attached hydrogens (tertiary/aromatic N) is 4. The minimum absolute atomic E-state index is 0.162. The minimum atomic E-state index is -3.32. The fourth-order valence-electron chi connectivity index (χ4n) is 2.57. The van der Waals surface area contributed by atoms with Crippen molar-refractivity contribution in [1.29, 1.82) is 0 Å². The van der Waals surface area contributed by atoms with Crippen molar-refractivity contribution in [3.63, 3.8) is 0 Å². The highest BCUT2D eigenvalue weighted by atomic mass is 32.2. The minimum Gasteiger partial charge on any atom is -0.361 e. The van der Waals surface area contributed by atoms with E-state index in [1.807, 2.05) is 0 Å². The Morgan fingerprint density at radius 1 is 1.52 bits per heavy atom. The Labute approximate surface area is 133 Å². The number of amides is 1. The number of rotatable bonds is 4. The fraction of sp³-hybridized carbons (Fsp3) is 0.462. The van der Waals surface area contributed by atoms with E-state index in [0.29, 0.717) is 18.8 Å².